The number of hydrogen-bond acceptors (Lipinski definition) is 4. The van der Waals surface area contributed by atoms with Crippen molar-refractivity contribution in [1.82, 2.24) is 15.0 Å². The standard InChI is InChI=1S/C45H27N3O/c1-2-14-30(15-3-1)43-46-44(37-23-10-21-35-34(20-9-22-36(35)37)33-19-8-16-28-12-4-6-17-31(28)33)48-45(47-43)38-24-11-25-39-42(38)41-32-18-7-5-13-29(32)26-27-40(41)49-39/h1-27H. The Kier molecular flexibility index (Phi) is 6.15. The molecule has 0 aliphatic carbocycles. The highest BCUT2D eigenvalue weighted by molar-refractivity contribution is 6.22. The Balaban J connectivity index is 1.25. The molecule has 0 unspecified atom stereocenters. The topological polar surface area (TPSA) is 51.8 Å². The number of hydrogen-bond donors (Lipinski definition) is 0. The van der Waals surface area contributed by atoms with E-state index in [0.29, 0.717) is 17.5 Å². The van der Waals surface area contributed by atoms with E-state index in [1.54, 1.807) is 0 Å². The van der Waals surface area contributed by atoms with Gasteiger partial charge in [0.05, 0.1) is 0 Å². The molecule has 228 valence electrons. The largest absolute Gasteiger partial charge is 0.456 e. The van der Waals surface area contributed by atoms with Crippen molar-refractivity contribution in [2.75, 3.05) is 0 Å². The molecule has 0 radical (unpaired) electrons. The second-order valence-corrected chi connectivity index (χ2v) is 12.3. The fourth-order valence-electron chi connectivity index (χ4n) is 7.31. The van der Waals surface area contributed by atoms with Crippen LogP contribution in [-0.2, 0) is 0 Å². The minimum absolute atomic E-state index is 0.604. The van der Waals surface area contributed by atoms with E-state index in [9.17, 15) is 0 Å². The van der Waals surface area contributed by atoms with Gasteiger partial charge in [0.1, 0.15) is 11.2 Å². The van der Waals surface area contributed by atoms with Crippen LogP contribution >= 0.6 is 0 Å². The third-order valence-electron chi connectivity index (χ3n) is 9.54. The van der Waals surface area contributed by atoms with Crippen molar-refractivity contribution < 1.29 is 4.42 Å². The van der Waals surface area contributed by atoms with Crippen molar-refractivity contribution in [3.63, 3.8) is 0 Å². The molecule has 0 aliphatic heterocycles. The van der Waals surface area contributed by atoms with Gasteiger partial charge in [0.2, 0.25) is 0 Å². The van der Waals surface area contributed by atoms with Crippen LogP contribution < -0.4 is 0 Å². The van der Waals surface area contributed by atoms with Crippen LogP contribution in [0.15, 0.2) is 168 Å². The van der Waals surface area contributed by atoms with Crippen molar-refractivity contribution in [3.05, 3.63) is 164 Å². The Morgan fingerprint density at radius 2 is 0.816 bits per heavy atom. The molecule has 8 aromatic carbocycles. The molecule has 0 saturated carbocycles. The number of furan rings is 1. The SMILES string of the molecule is c1ccc(-c2nc(-c3cccc4c(-c5cccc6ccccc56)cccc34)nc(-c3cccc4oc5ccc6ccccc6c5c34)n2)cc1. The molecule has 0 saturated heterocycles. The van der Waals surface area contributed by atoms with Gasteiger partial charge in [0.15, 0.2) is 17.5 Å². The lowest BCUT2D eigenvalue weighted by Crippen LogP contribution is -2.01. The van der Waals surface area contributed by atoms with Gasteiger partial charge < -0.3 is 4.42 Å². The average molecular weight is 626 g/mol. The summed E-state index contributed by atoms with van der Waals surface area (Å²) < 4.78 is 6.42. The quantitative estimate of drug-likeness (QED) is 0.195. The lowest BCUT2D eigenvalue weighted by Gasteiger charge is -2.14. The van der Waals surface area contributed by atoms with Crippen LogP contribution in [0, 0.1) is 0 Å². The van der Waals surface area contributed by atoms with E-state index >= 15 is 0 Å². The maximum absolute atomic E-state index is 6.42. The van der Waals surface area contributed by atoms with Gasteiger partial charge in [-0.3, -0.25) is 0 Å². The van der Waals surface area contributed by atoms with Crippen molar-refractivity contribution in [1.29, 1.82) is 0 Å². The molecule has 49 heavy (non-hydrogen) atoms. The third kappa shape index (κ3) is 4.42. The predicted octanol–water partition coefficient (Wildman–Crippen LogP) is 11.9. The smallest absolute Gasteiger partial charge is 0.164 e. The summed E-state index contributed by atoms with van der Waals surface area (Å²) >= 11 is 0. The van der Waals surface area contributed by atoms with Crippen LogP contribution in [0.5, 0.6) is 0 Å². The second-order valence-electron chi connectivity index (χ2n) is 12.3. The molecule has 2 heterocycles. The van der Waals surface area contributed by atoms with Crippen LogP contribution in [0.3, 0.4) is 0 Å². The summed E-state index contributed by atoms with van der Waals surface area (Å²) in [5, 5.41) is 9.04. The zero-order chi connectivity index (χ0) is 32.3. The van der Waals surface area contributed by atoms with Crippen LogP contribution in [-0.4, -0.2) is 15.0 Å². The lowest BCUT2D eigenvalue weighted by molar-refractivity contribution is 0.669. The summed E-state index contributed by atoms with van der Waals surface area (Å²) in [5.41, 5.74) is 6.81. The van der Waals surface area contributed by atoms with Crippen molar-refractivity contribution in [2.24, 2.45) is 0 Å². The zero-order valence-corrected chi connectivity index (χ0v) is 26.3. The molecule has 0 bridgehead atoms. The summed E-state index contributed by atoms with van der Waals surface area (Å²) in [6.07, 6.45) is 0. The minimum Gasteiger partial charge on any atom is -0.456 e. The molecule has 0 N–H and O–H groups in total. The molecular formula is C45H27N3O. The first kappa shape index (κ1) is 27.5. The molecule has 0 amide bonds. The average Bonchev–Trinajstić information content (AvgIpc) is 3.57. The van der Waals surface area contributed by atoms with E-state index in [2.05, 4.69) is 121 Å². The number of nitrogens with zero attached hydrogens (tertiary/aromatic N) is 3. The van der Waals surface area contributed by atoms with Crippen molar-refractivity contribution in [3.8, 4) is 45.3 Å². The first-order valence-corrected chi connectivity index (χ1v) is 16.5. The lowest BCUT2D eigenvalue weighted by atomic mass is 9.92. The van der Waals surface area contributed by atoms with Gasteiger partial charge in [-0.25, -0.2) is 15.0 Å². The number of rotatable bonds is 4. The van der Waals surface area contributed by atoms with E-state index in [-0.39, 0.29) is 0 Å². The fraction of sp³-hybridized carbons (Fsp3) is 0. The highest BCUT2D eigenvalue weighted by Gasteiger charge is 2.20. The maximum atomic E-state index is 6.42. The Morgan fingerprint density at radius 1 is 0.306 bits per heavy atom. The predicted molar refractivity (Wildman–Crippen MR) is 201 cm³/mol. The van der Waals surface area contributed by atoms with Gasteiger partial charge in [-0.15, -0.1) is 0 Å². The molecule has 0 aliphatic rings. The Labute approximate surface area is 282 Å². The van der Waals surface area contributed by atoms with Gasteiger partial charge in [0.25, 0.3) is 0 Å². The van der Waals surface area contributed by atoms with E-state index in [1.165, 1.54) is 21.9 Å². The van der Waals surface area contributed by atoms with Gasteiger partial charge in [-0.05, 0) is 55.6 Å². The number of fused-ring (bicyclic) bond motifs is 7. The van der Waals surface area contributed by atoms with Crippen LogP contribution in [0.4, 0.5) is 0 Å². The monoisotopic (exact) mass is 625 g/mol. The molecule has 4 nitrogen and oxygen atoms in total. The first-order valence-electron chi connectivity index (χ1n) is 16.5. The molecule has 2 aromatic heterocycles. The molecule has 0 spiro atoms. The zero-order valence-electron chi connectivity index (χ0n) is 26.3. The van der Waals surface area contributed by atoms with Crippen LogP contribution in [0.2, 0.25) is 0 Å². The molecule has 4 heteroatoms. The third-order valence-corrected chi connectivity index (χ3v) is 9.54. The van der Waals surface area contributed by atoms with Gasteiger partial charge in [-0.2, -0.15) is 0 Å². The van der Waals surface area contributed by atoms with E-state index in [4.69, 9.17) is 19.4 Å². The highest BCUT2D eigenvalue weighted by atomic mass is 16.3. The molecule has 0 atom stereocenters. The van der Waals surface area contributed by atoms with Gasteiger partial charge >= 0.3 is 0 Å². The van der Waals surface area contributed by atoms with Crippen molar-refractivity contribution in [2.45, 2.75) is 0 Å². The maximum Gasteiger partial charge on any atom is 0.164 e. The summed E-state index contributed by atoms with van der Waals surface area (Å²) in [5.74, 6) is 1.85. The van der Waals surface area contributed by atoms with Crippen molar-refractivity contribution >= 4 is 54.3 Å². The van der Waals surface area contributed by atoms with Crippen LogP contribution in [0.25, 0.3) is 99.5 Å². The Hall–Kier alpha value is -6.65. The Bertz CT molecular complexity index is 2890. The van der Waals surface area contributed by atoms with E-state index in [0.717, 1.165) is 60.2 Å². The van der Waals surface area contributed by atoms with Gasteiger partial charge in [-0.1, -0.05) is 152 Å². The molecule has 10 aromatic rings. The second kappa shape index (κ2) is 11.0. The summed E-state index contributed by atoms with van der Waals surface area (Å²) in [6.45, 7) is 0. The molecule has 0 fully saturated rings. The van der Waals surface area contributed by atoms with E-state index in [1.807, 2.05) is 42.5 Å². The van der Waals surface area contributed by atoms with E-state index < -0.39 is 0 Å². The minimum atomic E-state index is 0.604. The summed E-state index contributed by atoms with van der Waals surface area (Å²) in [7, 11) is 0. The summed E-state index contributed by atoms with van der Waals surface area (Å²) in [4.78, 5) is 15.5. The first-order chi connectivity index (χ1) is 24.3. The van der Waals surface area contributed by atoms with Gasteiger partial charge in [0, 0.05) is 27.5 Å². The Morgan fingerprint density at radius 3 is 1.63 bits per heavy atom. The number of benzene rings is 8. The molecular weight excluding hydrogens is 599 g/mol. The molecule has 10 rings (SSSR count). The normalized spacial score (nSPS) is 11.7. The number of aromatic nitrogens is 3. The highest BCUT2D eigenvalue weighted by Crippen LogP contribution is 2.41. The van der Waals surface area contributed by atoms with Crippen LogP contribution in [0.1, 0.15) is 0 Å². The summed E-state index contributed by atoms with van der Waals surface area (Å²) in [6, 6.07) is 56.8. The fourth-order valence-corrected chi connectivity index (χ4v) is 7.31.